The first-order valence-electron chi connectivity index (χ1n) is 8.25. The molecule has 1 saturated heterocycles. The zero-order valence-corrected chi connectivity index (χ0v) is 13.9. The van der Waals surface area contributed by atoms with Gasteiger partial charge in [0.1, 0.15) is 12.4 Å². The Bertz CT molecular complexity index is 736. The highest BCUT2D eigenvalue weighted by Gasteiger charge is 2.30. The lowest BCUT2D eigenvalue weighted by molar-refractivity contribution is -0.137. The van der Waals surface area contributed by atoms with Crippen molar-refractivity contribution in [3.63, 3.8) is 0 Å². The van der Waals surface area contributed by atoms with Gasteiger partial charge in [-0.3, -0.25) is 4.79 Å². The van der Waals surface area contributed by atoms with E-state index in [1.165, 1.54) is 12.1 Å². The van der Waals surface area contributed by atoms with Gasteiger partial charge in [0.25, 0.3) is 5.91 Å². The number of ether oxygens (including phenoxy) is 2. The van der Waals surface area contributed by atoms with Crippen LogP contribution in [0.5, 0.6) is 5.75 Å². The van der Waals surface area contributed by atoms with Gasteiger partial charge >= 0.3 is 6.18 Å². The maximum atomic E-state index is 12.5. The van der Waals surface area contributed by atoms with Gasteiger partial charge < -0.3 is 14.8 Å². The van der Waals surface area contributed by atoms with E-state index in [-0.39, 0.29) is 6.10 Å². The van der Waals surface area contributed by atoms with Crippen LogP contribution in [0.3, 0.4) is 0 Å². The Morgan fingerprint density at radius 3 is 2.38 bits per heavy atom. The Morgan fingerprint density at radius 2 is 1.81 bits per heavy atom. The number of anilines is 1. The van der Waals surface area contributed by atoms with E-state index in [2.05, 4.69) is 5.32 Å². The number of hydrogen-bond acceptors (Lipinski definition) is 3. The van der Waals surface area contributed by atoms with Crippen LogP contribution in [-0.2, 0) is 10.9 Å². The van der Waals surface area contributed by atoms with E-state index in [1.54, 1.807) is 24.3 Å². The third-order valence-electron chi connectivity index (χ3n) is 4.05. The predicted molar refractivity (Wildman–Crippen MR) is 90.3 cm³/mol. The van der Waals surface area contributed by atoms with Crippen LogP contribution in [0, 0.1) is 0 Å². The molecule has 2 aromatic carbocycles. The van der Waals surface area contributed by atoms with Crippen LogP contribution in [0.25, 0.3) is 0 Å². The minimum Gasteiger partial charge on any atom is -0.491 e. The molecule has 1 atom stereocenters. The van der Waals surface area contributed by atoms with Crippen LogP contribution < -0.4 is 10.1 Å². The fourth-order valence-electron chi connectivity index (χ4n) is 2.61. The van der Waals surface area contributed by atoms with Crippen molar-refractivity contribution in [3.05, 3.63) is 59.7 Å². The highest BCUT2D eigenvalue weighted by molar-refractivity contribution is 6.04. The first-order valence-corrected chi connectivity index (χ1v) is 8.25. The molecule has 1 aliphatic heterocycles. The van der Waals surface area contributed by atoms with Gasteiger partial charge in [-0.2, -0.15) is 13.2 Å². The SMILES string of the molecule is O=C(Nc1ccc(C(F)(F)F)cc1)c1ccc(OCC2CCCO2)cc1. The molecule has 0 saturated carbocycles. The lowest BCUT2D eigenvalue weighted by Gasteiger charge is -2.12. The second-order valence-electron chi connectivity index (χ2n) is 6.00. The lowest BCUT2D eigenvalue weighted by atomic mass is 10.1. The van der Waals surface area contributed by atoms with Crippen LogP contribution in [0.1, 0.15) is 28.8 Å². The van der Waals surface area contributed by atoms with Gasteiger partial charge in [0.05, 0.1) is 11.7 Å². The number of amides is 1. The third-order valence-corrected chi connectivity index (χ3v) is 4.05. The molecule has 3 rings (SSSR count). The number of rotatable bonds is 5. The Morgan fingerprint density at radius 1 is 1.12 bits per heavy atom. The molecule has 0 radical (unpaired) electrons. The van der Waals surface area contributed by atoms with Crippen molar-refractivity contribution in [3.8, 4) is 5.75 Å². The highest BCUT2D eigenvalue weighted by atomic mass is 19.4. The smallest absolute Gasteiger partial charge is 0.416 e. The zero-order chi connectivity index (χ0) is 18.6. The summed E-state index contributed by atoms with van der Waals surface area (Å²) in [6, 6.07) is 10.9. The van der Waals surface area contributed by atoms with Crippen molar-refractivity contribution in [2.24, 2.45) is 0 Å². The first-order chi connectivity index (χ1) is 12.4. The normalized spacial score (nSPS) is 17.1. The van der Waals surface area contributed by atoms with E-state index in [9.17, 15) is 18.0 Å². The summed E-state index contributed by atoms with van der Waals surface area (Å²) in [6.45, 7) is 1.23. The quantitative estimate of drug-likeness (QED) is 0.848. The standard InChI is InChI=1S/C19H18F3NO3/c20-19(21,22)14-5-7-15(8-6-14)23-18(24)13-3-9-16(10-4-13)26-12-17-2-1-11-25-17/h3-10,17H,1-2,11-12H2,(H,23,24). The lowest BCUT2D eigenvalue weighted by Crippen LogP contribution is -2.16. The molecule has 0 spiro atoms. The van der Waals surface area contributed by atoms with Crippen LogP contribution in [0.15, 0.2) is 48.5 Å². The largest absolute Gasteiger partial charge is 0.491 e. The summed E-state index contributed by atoms with van der Waals surface area (Å²) >= 11 is 0. The van der Waals surface area contributed by atoms with Gasteiger partial charge in [0.2, 0.25) is 0 Å². The van der Waals surface area contributed by atoms with E-state index in [4.69, 9.17) is 9.47 Å². The van der Waals surface area contributed by atoms with Crippen LogP contribution in [0.4, 0.5) is 18.9 Å². The second kappa shape index (κ2) is 7.78. The van der Waals surface area contributed by atoms with Crippen molar-refractivity contribution in [1.82, 2.24) is 0 Å². The third kappa shape index (κ3) is 4.76. The summed E-state index contributed by atoms with van der Waals surface area (Å²) in [6.07, 6.45) is -2.27. The number of halogens is 3. The van der Waals surface area contributed by atoms with E-state index in [0.29, 0.717) is 23.6 Å². The van der Waals surface area contributed by atoms with E-state index >= 15 is 0 Å². The number of alkyl halides is 3. The number of hydrogen-bond donors (Lipinski definition) is 1. The molecule has 0 aliphatic carbocycles. The first kappa shape index (κ1) is 18.3. The van der Waals surface area contributed by atoms with Gasteiger partial charge in [-0.15, -0.1) is 0 Å². The summed E-state index contributed by atoms with van der Waals surface area (Å²) in [5.74, 6) is 0.224. The summed E-state index contributed by atoms with van der Waals surface area (Å²) in [5.41, 5.74) is -0.0840. The average Bonchev–Trinajstić information content (AvgIpc) is 3.13. The van der Waals surface area contributed by atoms with Gasteiger partial charge in [0.15, 0.2) is 0 Å². The fraction of sp³-hybridized carbons (Fsp3) is 0.316. The van der Waals surface area contributed by atoms with E-state index in [0.717, 1.165) is 31.6 Å². The molecule has 138 valence electrons. The van der Waals surface area contributed by atoms with Gasteiger partial charge in [0, 0.05) is 17.9 Å². The number of carbonyl (C=O) groups is 1. The number of carbonyl (C=O) groups excluding carboxylic acids is 1. The minimum atomic E-state index is -4.40. The molecule has 1 N–H and O–H groups in total. The van der Waals surface area contributed by atoms with Crippen molar-refractivity contribution >= 4 is 11.6 Å². The molecular weight excluding hydrogens is 347 g/mol. The topological polar surface area (TPSA) is 47.6 Å². The maximum absolute atomic E-state index is 12.5. The molecule has 7 heteroatoms. The van der Waals surface area contributed by atoms with Gasteiger partial charge in [-0.1, -0.05) is 0 Å². The van der Waals surface area contributed by atoms with Gasteiger partial charge in [-0.25, -0.2) is 0 Å². The number of nitrogens with one attached hydrogen (secondary N) is 1. The molecular formula is C19H18F3NO3. The van der Waals surface area contributed by atoms with Crippen molar-refractivity contribution in [1.29, 1.82) is 0 Å². The Labute approximate surface area is 148 Å². The molecule has 1 amide bonds. The monoisotopic (exact) mass is 365 g/mol. The molecule has 26 heavy (non-hydrogen) atoms. The summed E-state index contributed by atoms with van der Waals surface area (Å²) in [5, 5.41) is 2.57. The Kier molecular flexibility index (Phi) is 5.46. The molecule has 1 aliphatic rings. The van der Waals surface area contributed by atoms with Crippen LogP contribution >= 0.6 is 0 Å². The summed E-state index contributed by atoms with van der Waals surface area (Å²) < 4.78 is 48.7. The predicted octanol–water partition coefficient (Wildman–Crippen LogP) is 4.52. The minimum absolute atomic E-state index is 0.109. The van der Waals surface area contributed by atoms with Crippen LogP contribution in [0.2, 0.25) is 0 Å². The highest BCUT2D eigenvalue weighted by Crippen LogP contribution is 2.29. The number of benzene rings is 2. The maximum Gasteiger partial charge on any atom is 0.416 e. The molecule has 1 heterocycles. The van der Waals surface area contributed by atoms with Crippen LogP contribution in [-0.4, -0.2) is 25.2 Å². The molecule has 2 aromatic rings. The Balaban J connectivity index is 1.55. The van der Waals surface area contributed by atoms with Crippen molar-refractivity contribution in [2.75, 3.05) is 18.5 Å². The molecule has 4 nitrogen and oxygen atoms in total. The summed E-state index contributed by atoms with van der Waals surface area (Å²) in [4.78, 5) is 12.2. The summed E-state index contributed by atoms with van der Waals surface area (Å²) in [7, 11) is 0. The van der Waals surface area contributed by atoms with Crippen molar-refractivity contribution in [2.45, 2.75) is 25.1 Å². The molecule has 0 bridgehead atoms. The average molecular weight is 365 g/mol. The molecule has 1 fully saturated rings. The van der Waals surface area contributed by atoms with E-state index in [1.807, 2.05) is 0 Å². The second-order valence-corrected chi connectivity index (χ2v) is 6.00. The van der Waals surface area contributed by atoms with E-state index < -0.39 is 17.6 Å². The fourth-order valence-corrected chi connectivity index (χ4v) is 2.61. The molecule has 1 unspecified atom stereocenters. The zero-order valence-electron chi connectivity index (χ0n) is 13.9. The molecule has 0 aromatic heterocycles. The Hall–Kier alpha value is -2.54. The van der Waals surface area contributed by atoms with Crippen molar-refractivity contribution < 1.29 is 27.4 Å². The van der Waals surface area contributed by atoms with Gasteiger partial charge in [-0.05, 0) is 61.4 Å².